The van der Waals surface area contributed by atoms with Crippen molar-refractivity contribution in [3.05, 3.63) is 35.9 Å². The maximum absolute atomic E-state index is 12.6. The summed E-state index contributed by atoms with van der Waals surface area (Å²) in [5.41, 5.74) is 0.131. The van der Waals surface area contributed by atoms with E-state index >= 15 is 0 Å². The average molecular weight is 509 g/mol. The highest BCUT2D eigenvalue weighted by Gasteiger charge is 2.25. The lowest BCUT2D eigenvalue weighted by atomic mass is 10.1. The van der Waals surface area contributed by atoms with Gasteiger partial charge in [0.15, 0.2) is 0 Å². The van der Waals surface area contributed by atoms with Gasteiger partial charge in [0.25, 0.3) is 0 Å². The summed E-state index contributed by atoms with van der Waals surface area (Å²) in [6.45, 7) is 6.47. The monoisotopic (exact) mass is 508 g/mol. The fourth-order valence-corrected chi connectivity index (χ4v) is 2.74. The minimum Gasteiger partial charge on any atom is -0.468 e. The maximum atomic E-state index is 12.6. The number of rotatable bonds is 12. The number of carbonyl (C=O) groups excluding carboxylic acids is 5. The number of methoxy groups -OCH3 is 1. The van der Waals surface area contributed by atoms with E-state index in [2.05, 4.69) is 26.0 Å². The first kappa shape index (κ1) is 30.2. The first-order chi connectivity index (χ1) is 16.9. The van der Waals surface area contributed by atoms with Crippen LogP contribution in [0.3, 0.4) is 0 Å². The average Bonchev–Trinajstić information content (AvgIpc) is 2.82. The third kappa shape index (κ3) is 13.2. The van der Waals surface area contributed by atoms with E-state index in [1.807, 2.05) is 6.07 Å². The number of benzene rings is 1. The van der Waals surface area contributed by atoms with Gasteiger partial charge in [-0.05, 0) is 46.1 Å². The summed E-state index contributed by atoms with van der Waals surface area (Å²) in [5, 5.41) is 9.91. The molecule has 200 valence electrons. The molecule has 0 aliphatic carbocycles. The fraction of sp³-hybridized carbons (Fsp3) is 0.542. The second kappa shape index (κ2) is 15.2. The van der Waals surface area contributed by atoms with E-state index in [0.29, 0.717) is 6.42 Å². The van der Waals surface area contributed by atoms with Crippen LogP contribution in [0.15, 0.2) is 30.3 Å². The molecule has 36 heavy (non-hydrogen) atoms. The number of ether oxygens (including phenoxy) is 3. The Labute approximate surface area is 210 Å². The van der Waals surface area contributed by atoms with Crippen LogP contribution in [0.1, 0.15) is 46.1 Å². The largest absolute Gasteiger partial charge is 0.468 e. The lowest BCUT2D eigenvalue weighted by Crippen LogP contribution is -2.53. The van der Waals surface area contributed by atoms with Crippen LogP contribution in [0, 0.1) is 0 Å². The number of hydrogen-bond acceptors (Lipinski definition) is 8. The molecular weight excluding hydrogens is 472 g/mol. The molecule has 0 saturated heterocycles. The van der Waals surface area contributed by atoms with Gasteiger partial charge in [-0.3, -0.25) is 14.4 Å². The molecule has 0 saturated carbocycles. The van der Waals surface area contributed by atoms with Gasteiger partial charge in [0.2, 0.25) is 11.8 Å². The second-order valence-corrected chi connectivity index (χ2v) is 8.85. The molecule has 0 bridgehead atoms. The van der Waals surface area contributed by atoms with Crippen LogP contribution < -0.4 is 21.3 Å². The highest BCUT2D eigenvalue weighted by Crippen LogP contribution is 2.07. The van der Waals surface area contributed by atoms with Gasteiger partial charge in [-0.2, -0.15) is 0 Å². The molecule has 1 rings (SSSR count). The Morgan fingerprint density at radius 2 is 1.58 bits per heavy atom. The summed E-state index contributed by atoms with van der Waals surface area (Å²) >= 11 is 0. The van der Waals surface area contributed by atoms with Crippen molar-refractivity contribution < 1.29 is 38.2 Å². The Bertz CT molecular complexity index is 886. The third-order valence-corrected chi connectivity index (χ3v) is 4.55. The quantitative estimate of drug-likeness (QED) is 0.187. The van der Waals surface area contributed by atoms with Crippen LogP contribution >= 0.6 is 0 Å². The zero-order valence-electron chi connectivity index (χ0n) is 21.3. The number of amides is 4. The molecule has 0 spiro atoms. The highest BCUT2D eigenvalue weighted by atomic mass is 16.6. The summed E-state index contributed by atoms with van der Waals surface area (Å²) in [7, 11) is 1.18. The van der Waals surface area contributed by atoms with Crippen molar-refractivity contribution in [2.75, 3.05) is 20.2 Å². The van der Waals surface area contributed by atoms with E-state index in [0.717, 1.165) is 5.56 Å². The smallest absolute Gasteiger partial charge is 0.408 e. The van der Waals surface area contributed by atoms with Gasteiger partial charge in [-0.15, -0.1) is 0 Å². The molecule has 0 fully saturated rings. The van der Waals surface area contributed by atoms with E-state index in [1.54, 1.807) is 45.0 Å². The molecule has 1 aromatic rings. The van der Waals surface area contributed by atoms with Crippen molar-refractivity contribution in [3.63, 3.8) is 0 Å². The van der Waals surface area contributed by atoms with Gasteiger partial charge in [0.05, 0.1) is 7.11 Å². The summed E-state index contributed by atoms with van der Waals surface area (Å²) in [4.78, 5) is 60.3. The van der Waals surface area contributed by atoms with E-state index in [1.165, 1.54) is 14.0 Å². The number of esters is 1. The standard InChI is InChI=1S/C24H36N4O8/c1-16(27-23(33)35-15-17-10-7-6-8-11-17)20(30)28-18(21(31)26-14-19(29)34-5)12-9-13-25-22(32)36-24(2,3)4/h6-8,10-11,16,18H,9,12-15H2,1-5H3,(H,25,32)(H,26,31)(H,27,33)(H,28,30)/t16-,18-/m0/s1. The Balaban J connectivity index is 2.61. The van der Waals surface area contributed by atoms with Crippen molar-refractivity contribution >= 4 is 30.0 Å². The molecule has 4 amide bonds. The zero-order valence-corrected chi connectivity index (χ0v) is 21.3. The molecule has 1 aromatic carbocycles. The minimum atomic E-state index is -1.04. The molecule has 0 radical (unpaired) electrons. The molecule has 2 atom stereocenters. The predicted molar refractivity (Wildman–Crippen MR) is 130 cm³/mol. The van der Waals surface area contributed by atoms with Crippen LogP contribution in [0.2, 0.25) is 0 Å². The number of alkyl carbamates (subject to hydrolysis) is 2. The molecule has 0 aliphatic heterocycles. The van der Waals surface area contributed by atoms with Gasteiger partial charge < -0.3 is 35.5 Å². The summed E-state index contributed by atoms with van der Waals surface area (Å²) in [5.74, 6) is -1.91. The number of hydrogen-bond donors (Lipinski definition) is 4. The number of nitrogens with one attached hydrogen (secondary N) is 4. The van der Waals surface area contributed by atoms with Gasteiger partial charge in [0.1, 0.15) is 30.8 Å². The fourth-order valence-electron chi connectivity index (χ4n) is 2.74. The maximum Gasteiger partial charge on any atom is 0.408 e. The van der Waals surface area contributed by atoms with Gasteiger partial charge in [0, 0.05) is 6.54 Å². The first-order valence-corrected chi connectivity index (χ1v) is 11.5. The van der Waals surface area contributed by atoms with Crippen molar-refractivity contribution in [2.24, 2.45) is 0 Å². The number of carbonyl (C=O) groups is 5. The molecule has 12 heteroatoms. The molecule has 4 N–H and O–H groups in total. The van der Waals surface area contributed by atoms with E-state index in [-0.39, 0.29) is 26.1 Å². The molecule has 0 aliphatic rings. The normalized spacial score (nSPS) is 12.4. The highest BCUT2D eigenvalue weighted by molar-refractivity contribution is 5.92. The van der Waals surface area contributed by atoms with Gasteiger partial charge in [-0.25, -0.2) is 9.59 Å². The second-order valence-electron chi connectivity index (χ2n) is 8.85. The van der Waals surface area contributed by atoms with Crippen LogP contribution in [0.25, 0.3) is 0 Å². The van der Waals surface area contributed by atoms with Gasteiger partial charge >= 0.3 is 18.2 Å². The topological polar surface area (TPSA) is 161 Å². The van der Waals surface area contributed by atoms with Gasteiger partial charge in [-0.1, -0.05) is 30.3 Å². The first-order valence-electron chi connectivity index (χ1n) is 11.5. The van der Waals surface area contributed by atoms with Crippen molar-refractivity contribution in [3.8, 4) is 0 Å². The minimum absolute atomic E-state index is 0.0320. The third-order valence-electron chi connectivity index (χ3n) is 4.55. The van der Waals surface area contributed by atoms with Crippen molar-refractivity contribution in [1.82, 2.24) is 21.3 Å². The van der Waals surface area contributed by atoms with E-state index in [4.69, 9.17) is 9.47 Å². The Kier molecular flexibility index (Phi) is 12.8. The SMILES string of the molecule is COC(=O)CNC(=O)[C@H](CCCNC(=O)OC(C)(C)C)NC(=O)[C@H](C)NC(=O)OCc1ccccc1. The Morgan fingerprint density at radius 1 is 0.917 bits per heavy atom. The van der Waals surface area contributed by atoms with Crippen molar-refractivity contribution in [2.45, 2.75) is 64.8 Å². The van der Waals surface area contributed by atoms with Crippen LogP contribution in [0.5, 0.6) is 0 Å². The summed E-state index contributed by atoms with van der Waals surface area (Å²) < 4.78 is 14.7. The predicted octanol–water partition coefficient (Wildman–Crippen LogP) is 1.38. The summed E-state index contributed by atoms with van der Waals surface area (Å²) in [6.07, 6.45) is -0.948. The molecular formula is C24H36N4O8. The Hall–Kier alpha value is -3.83. The lowest BCUT2D eigenvalue weighted by molar-refractivity contribution is -0.141. The lowest BCUT2D eigenvalue weighted by Gasteiger charge is -2.22. The molecule has 0 heterocycles. The zero-order chi connectivity index (χ0) is 27.1. The van der Waals surface area contributed by atoms with E-state index in [9.17, 15) is 24.0 Å². The van der Waals surface area contributed by atoms with Crippen LogP contribution in [-0.4, -0.2) is 67.9 Å². The molecule has 0 aromatic heterocycles. The molecule has 0 unspecified atom stereocenters. The Morgan fingerprint density at radius 3 is 2.19 bits per heavy atom. The summed E-state index contributed by atoms with van der Waals surface area (Å²) in [6, 6.07) is 6.98. The van der Waals surface area contributed by atoms with E-state index < -0.39 is 47.7 Å². The van der Waals surface area contributed by atoms with Crippen LogP contribution in [0.4, 0.5) is 9.59 Å². The van der Waals surface area contributed by atoms with Crippen LogP contribution in [-0.2, 0) is 35.2 Å². The van der Waals surface area contributed by atoms with Crippen molar-refractivity contribution in [1.29, 1.82) is 0 Å². The molecule has 12 nitrogen and oxygen atoms in total.